The van der Waals surface area contributed by atoms with Crippen molar-refractivity contribution in [3.8, 4) is 11.5 Å². The molecule has 0 radical (unpaired) electrons. The fraction of sp³-hybridized carbons (Fsp3) is 0.316. The number of rotatable bonds is 9. The molecule has 1 N–H and O–H groups in total. The minimum Gasteiger partial charge on any atom is -0.493 e. The Labute approximate surface area is 136 Å². The first-order valence-corrected chi connectivity index (χ1v) is 7.82. The Morgan fingerprint density at radius 3 is 2.35 bits per heavy atom. The van der Waals surface area contributed by atoms with E-state index in [4.69, 9.17) is 14.6 Å². The highest BCUT2D eigenvalue weighted by Crippen LogP contribution is 2.24. The van der Waals surface area contributed by atoms with Gasteiger partial charge in [-0.1, -0.05) is 43.7 Å². The maximum Gasteiger partial charge on any atom is 0.307 e. The molecule has 2 aromatic rings. The van der Waals surface area contributed by atoms with Gasteiger partial charge >= 0.3 is 5.97 Å². The smallest absolute Gasteiger partial charge is 0.307 e. The second-order valence-electron chi connectivity index (χ2n) is 5.36. The van der Waals surface area contributed by atoms with Gasteiger partial charge in [0.25, 0.3) is 0 Å². The first-order valence-electron chi connectivity index (χ1n) is 7.82. The molecule has 23 heavy (non-hydrogen) atoms. The Morgan fingerprint density at radius 1 is 1.00 bits per heavy atom. The molecule has 4 nitrogen and oxygen atoms in total. The standard InChI is InChI=1S/C19H22O4/c1-2-3-9-22-17-10-16(12-19(20)21)11-18(13-17)23-14-15-7-5-4-6-8-15/h4-8,10-11,13H,2-3,9,12,14H2,1H3,(H,20,21). The summed E-state index contributed by atoms with van der Waals surface area (Å²) in [6.07, 6.45) is 1.96. The van der Waals surface area contributed by atoms with Crippen LogP contribution in [0.2, 0.25) is 0 Å². The fourth-order valence-electron chi connectivity index (χ4n) is 2.15. The van der Waals surface area contributed by atoms with Crippen molar-refractivity contribution in [1.29, 1.82) is 0 Å². The molecule has 0 aromatic heterocycles. The van der Waals surface area contributed by atoms with Crippen molar-refractivity contribution in [3.05, 3.63) is 59.7 Å². The van der Waals surface area contributed by atoms with E-state index in [1.807, 2.05) is 36.4 Å². The Morgan fingerprint density at radius 2 is 1.70 bits per heavy atom. The molecule has 0 bridgehead atoms. The second kappa shape index (κ2) is 8.83. The topological polar surface area (TPSA) is 55.8 Å². The molecule has 122 valence electrons. The molecule has 0 unspecified atom stereocenters. The minimum absolute atomic E-state index is 0.0489. The molecule has 0 spiro atoms. The highest BCUT2D eigenvalue weighted by atomic mass is 16.5. The van der Waals surface area contributed by atoms with Crippen LogP contribution in [0.4, 0.5) is 0 Å². The summed E-state index contributed by atoms with van der Waals surface area (Å²) in [5, 5.41) is 8.99. The molecule has 0 aliphatic rings. The quantitative estimate of drug-likeness (QED) is 0.709. The highest BCUT2D eigenvalue weighted by molar-refractivity contribution is 5.70. The van der Waals surface area contributed by atoms with Crippen LogP contribution in [0.3, 0.4) is 0 Å². The van der Waals surface area contributed by atoms with Gasteiger partial charge in [-0.2, -0.15) is 0 Å². The molecule has 0 saturated heterocycles. The lowest BCUT2D eigenvalue weighted by Crippen LogP contribution is -2.03. The lowest BCUT2D eigenvalue weighted by molar-refractivity contribution is -0.136. The van der Waals surface area contributed by atoms with Crippen molar-refractivity contribution in [2.45, 2.75) is 32.8 Å². The number of carbonyl (C=O) groups is 1. The third-order valence-electron chi connectivity index (χ3n) is 3.31. The summed E-state index contributed by atoms with van der Waals surface area (Å²) in [5.41, 5.74) is 1.74. The molecular weight excluding hydrogens is 292 g/mol. The van der Waals surface area contributed by atoms with Crippen molar-refractivity contribution in [1.82, 2.24) is 0 Å². The van der Waals surface area contributed by atoms with E-state index in [2.05, 4.69) is 6.92 Å². The predicted octanol–water partition coefficient (Wildman–Crippen LogP) is 4.07. The predicted molar refractivity (Wildman–Crippen MR) is 89.0 cm³/mol. The number of hydrogen-bond donors (Lipinski definition) is 1. The number of ether oxygens (including phenoxy) is 2. The molecule has 0 aliphatic carbocycles. The molecule has 0 atom stereocenters. The number of aliphatic carboxylic acids is 1. The van der Waals surface area contributed by atoms with Crippen LogP contribution in [0, 0.1) is 0 Å². The normalized spacial score (nSPS) is 10.3. The van der Waals surface area contributed by atoms with Gasteiger partial charge in [-0.05, 0) is 29.7 Å². The lowest BCUT2D eigenvalue weighted by atomic mass is 10.1. The Bertz CT molecular complexity index is 623. The first-order chi connectivity index (χ1) is 11.2. The summed E-state index contributed by atoms with van der Waals surface area (Å²) in [6.45, 7) is 3.15. The van der Waals surface area contributed by atoms with Crippen molar-refractivity contribution in [2.24, 2.45) is 0 Å². The van der Waals surface area contributed by atoms with Crippen LogP contribution in [-0.2, 0) is 17.8 Å². The minimum atomic E-state index is -0.871. The number of hydrogen-bond acceptors (Lipinski definition) is 3. The summed E-state index contributed by atoms with van der Waals surface area (Å²) in [5.74, 6) is 0.407. The third-order valence-corrected chi connectivity index (χ3v) is 3.31. The molecule has 0 saturated carbocycles. The zero-order valence-corrected chi connectivity index (χ0v) is 13.3. The molecule has 2 aromatic carbocycles. The van der Waals surface area contributed by atoms with Gasteiger partial charge in [0.15, 0.2) is 0 Å². The molecule has 2 rings (SSSR count). The van der Waals surface area contributed by atoms with Gasteiger partial charge in [0.2, 0.25) is 0 Å². The van der Waals surface area contributed by atoms with E-state index in [9.17, 15) is 4.79 Å². The zero-order chi connectivity index (χ0) is 16.5. The maximum atomic E-state index is 10.9. The summed E-state index contributed by atoms with van der Waals surface area (Å²) < 4.78 is 11.5. The molecule has 0 aliphatic heterocycles. The van der Waals surface area contributed by atoms with E-state index in [0.717, 1.165) is 18.4 Å². The van der Waals surface area contributed by atoms with Crippen LogP contribution < -0.4 is 9.47 Å². The van der Waals surface area contributed by atoms with Crippen LogP contribution >= 0.6 is 0 Å². The monoisotopic (exact) mass is 314 g/mol. The van der Waals surface area contributed by atoms with E-state index < -0.39 is 5.97 Å². The van der Waals surface area contributed by atoms with E-state index in [-0.39, 0.29) is 6.42 Å². The molecule has 0 amide bonds. The zero-order valence-electron chi connectivity index (χ0n) is 13.3. The summed E-state index contributed by atoms with van der Waals surface area (Å²) in [6, 6.07) is 15.2. The van der Waals surface area contributed by atoms with Crippen LogP contribution in [-0.4, -0.2) is 17.7 Å². The average Bonchev–Trinajstić information content (AvgIpc) is 2.53. The van der Waals surface area contributed by atoms with Gasteiger partial charge in [0.1, 0.15) is 18.1 Å². The highest BCUT2D eigenvalue weighted by Gasteiger charge is 2.07. The molecule has 0 heterocycles. The van der Waals surface area contributed by atoms with Crippen molar-refractivity contribution in [3.63, 3.8) is 0 Å². The van der Waals surface area contributed by atoms with Crippen molar-refractivity contribution >= 4 is 5.97 Å². The van der Waals surface area contributed by atoms with Crippen LogP contribution in [0.15, 0.2) is 48.5 Å². The average molecular weight is 314 g/mol. The largest absolute Gasteiger partial charge is 0.493 e. The van der Waals surface area contributed by atoms with E-state index in [1.54, 1.807) is 12.1 Å². The number of carboxylic acids is 1. The van der Waals surface area contributed by atoms with Gasteiger partial charge < -0.3 is 14.6 Å². The van der Waals surface area contributed by atoms with E-state index >= 15 is 0 Å². The van der Waals surface area contributed by atoms with Gasteiger partial charge in [-0.3, -0.25) is 4.79 Å². The number of benzene rings is 2. The first kappa shape index (κ1) is 16.9. The van der Waals surface area contributed by atoms with Crippen LogP contribution in [0.1, 0.15) is 30.9 Å². The van der Waals surface area contributed by atoms with E-state index in [0.29, 0.717) is 30.3 Å². The Hall–Kier alpha value is -2.49. The maximum absolute atomic E-state index is 10.9. The summed E-state index contributed by atoms with van der Waals surface area (Å²) in [7, 11) is 0. The summed E-state index contributed by atoms with van der Waals surface area (Å²) in [4.78, 5) is 10.9. The number of carboxylic acid groups (broad SMARTS) is 1. The Kier molecular flexibility index (Phi) is 6.48. The van der Waals surface area contributed by atoms with Gasteiger partial charge in [-0.25, -0.2) is 0 Å². The van der Waals surface area contributed by atoms with Crippen molar-refractivity contribution < 1.29 is 19.4 Å². The van der Waals surface area contributed by atoms with Crippen molar-refractivity contribution in [2.75, 3.05) is 6.61 Å². The lowest BCUT2D eigenvalue weighted by Gasteiger charge is -2.12. The number of unbranched alkanes of at least 4 members (excludes halogenated alkanes) is 1. The van der Waals surface area contributed by atoms with Gasteiger partial charge in [0, 0.05) is 6.07 Å². The van der Waals surface area contributed by atoms with E-state index in [1.165, 1.54) is 0 Å². The van der Waals surface area contributed by atoms with Gasteiger partial charge in [0.05, 0.1) is 13.0 Å². The molecular formula is C19H22O4. The fourth-order valence-corrected chi connectivity index (χ4v) is 2.15. The Balaban J connectivity index is 2.09. The SMILES string of the molecule is CCCCOc1cc(CC(=O)O)cc(OCc2ccccc2)c1. The third kappa shape index (κ3) is 6.02. The van der Waals surface area contributed by atoms with Gasteiger partial charge in [-0.15, -0.1) is 0 Å². The summed E-state index contributed by atoms with van der Waals surface area (Å²) >= 11 is 0. The molecule has 4 heteroatoms. The molecule has 0 fully saturated rings. The van der Waals surface area contributed by atoms with Crippen LogP contribution in [0.25, 0.3) is 0 Å². The second-order valence-corrected chi connectivity index (χ2v) is 5.36. The van der Waals surface area contributed by atoms with Crippen LogP contribution in [0.5, 0.6) is 11.5 Å².